The molecule has 0 unspecified atom stereocenters. The number of ether oxygens (including phenoxy) is 1. The van der Waals surface area contributed by atoms with Gasteiger partial charge in [-0.3, -0.25) is 0 Å². The van der Waals surface area contributed by atoms with Crippen molar-refractivity contribution in [3.63, 3.8) is 0 Å². The highest BCUT2D eigenvalue weighted by Crippen LogP contribution is 2.16. The topological polar surface area (TPSA) is 95.9 Å². The van der Waals surface area contributed by atoms with E-state index >= 15 is 0 Å². The normalized spacial score (nSPS) is 48.0. The standard InChI is InChI=1S/C5H11NO4/c6-5-4(9)3(8)2(1-7)10-5/h2-5,7-9H,1,6H2/t2-,3-,4+,5-/m1/s1. The Kier molecular flexibility index (Phi) is 2.22. The van der Waals surface area contributed by atoms with Gasteiger partial charge >= 0.3 is 0 Å². The fraction of sp³-hybridized carbons (Fsp3) is 1.00. The molecule has 60 valence electrons. The van der Waals surface area contributed by atoms with Gasteiger partial charge in [0.25, 0.3) is 0 Å². The van der Waals surface area contributed by atoms with Crippen LogP contribution in [0.5, 0.6) is 0 Å². The predicted molar refractivity (Wildman–Crippen MR) is 31.9 cm³/mol. The maximum Gasteiger partial charge on any atom is 0.135 e. The van der Waals surface area contributed by atoms with E-state index in [1.807, 2.05) is 0 Å². The minimum absolute atomic E-state index is 0.327. The van der Waals surface area contributed by atoms with Gasteiger partial charge in [-0.25, -0.2) is 0 Å². The number of hydrogen-bond acceptors (Lipinski definition) is 5. The zero-order valence-corrected chi connectivity index (χ0v) is 5.34. The number of hydrogen-bond donors (Lipinski definition) is 4. The minimum atomic E-state index is -1.09. The Morgan fingerprint density at radius 3 is 2.10 bits per heavy atom. The summed E-state index contributed by atoms with van der Waals surface area (Å²) in [6, 6.07) is 0. The van der Waals surface area contributed by atoms with Gasteiger partial charge in [0, 0.05) is 0 Å². The summed E-state index contributed by atoms with van der Waals surface area (Å²) in [5.41, 5.74) is 5.19. The Bertz CT molecular complexity index is 120. The van der Waals surface area contributed by atoms with E-state index in [2.05, 4.69) is 0 Å². The van der Waals surface area contributed by atoms with E-state index in [-0.39, 0.29) is 6.61 Å². The van der Waals surface area contributed by atoms with Gasteiger partial charge in [0.1, 0.15) is 24.5 Å². The second-order valence-electron chi connectivity index (χ2n) is 2.30. The molecule has 10 heavy (non-hydrogen) atoms. The Morgan fingerprint density at radius 2 is 1.90 bits per heavy atom. The molecule has 5 heteroatoms. The first-order valence-electron chi connectivity index (χ1n) is 3.05. The molecule has 5 nitrogen and oxygen atoms in total. The van der Waals surface area contributed by atoms with Gasteiger partial charge in [0.2, 0.25) is 0 Å². The van der Waals surface area contributed by atoms with Crippen LogP contribution in [0.2, 0.25) is 0 Å². The molecule has 0 aromatic carbocycles. The van der Waals surface area contributed by atoms with E-state index in [9.17, 15) is 0 Å². The maximum absolute atomic E-state index is 9.01. The summed E-state index contributed by atoms with van der Waals surface area (Å²) in [7, 11) is 0. The van der Waals surface area contributed by atoms with Gasteiger partial charge in [-0.2, -0.15) is 0 Å². The van der Waals surface area contributed by atoms with Crippen LogP contribution in [0.3, 0.4) is 0 Å². The van der Waals surface area contributed by atoms with Crippen molar-refractivity contribution in [3.8, 4) is 0 Å². The van der Waals surface area contributed by atoms with Gasteiger partial charge in [-0.05, 0) is 0 Å². The lowest BCUT2D eigenvalue weighted by atomic mass is 10.1. The molecule has 0 bridgehead atoms. The van der Waals surface area contributed by atoms with Crippen molar-refractivity contribution in [3.05, 3.63) is 0 Å². The molecule has 1 rings (SSSR count). The zero-order valence-electron chi connectivity index (χ0n) is 5.34. The van der Waals surface area contributed by atoms with Crippen LogP contribution in [-0.4, -0.2) is 46.5 Å². The largest absolute Gasteiger partial charge is 0.394 e. The smallest absolute Gasteiger partial charge is 0.135 e. The highest BCUT2D eigenvalue weighted by Gasteiger charge is 2.39. The van der Waals surface area contributed by atoms with Gasteiger partial charge in [0.15, 0.2) is 0 Å². The fourth-order valence-electron chi connectivity index (χ4n) is 0.928. The van der Waals surface area contributed by atoms with Crippen LogP contribution >= 0.6 is 0 Å². The molecular formula is C5H11NO4. The lowest BCUT2D eigenvalue weighted by Gasteiger charge is -2.09. The molecule has 0 aromatic heterocycles. The fourth-order valence-corrected chi connectivity index (χ4v) is 0.928. The van der Waals surface area contributed by atoms with Crippen molar-refractivity contribution in [2.75, 3.05) is 6.61 Å². The lowest BCUT2D eigenvalue weighted by Crippen LogP contribution is -2.37. The van der Waals surface area contributed by atoms with Crippen LogP contribution in [-0.2, 0) is 4.74 Å². The molecule has 1 heterocycles. The predicted octanol–water partition coefficient (Wildman–Crippen LogP) is -2.62. The van der Waals surface area contributed by atoms with E-state index in [0.29, 0.717) is 0 Å². The first-order chi connectivity index (χ1) is 4.66. The van der Waals surface area contributed by atoms with Gasteiger partial charge in [-0.1, -0.05) is 0 Å². The van der Waals surface area contributed by atoms with E-state index < -0.39 is 24.5 Å². The monoisotopic (exact) mass is 149 g/mol. The molecule has 0 aromatic rings. The summed E-state index contributed by atoms with van der Waals surface area (Å²) in [5.74, 6) is 0. The molecule has 1 aliphatic rings. The van der Waals surface area contributed by atoms with Gasteiger partial charge in [0.05, 0.1) is 6.61 Å². The molecule has 4 atom stereocenters. The van der Waals surface area contributed by atoms with Crippen molar-refractivity contribution in [2.45, 2.75) is 24.5 Å². The Balaban J connectivity index is 2.53. The quantitative estimate of drug-likeness (QED) is 0.327. The summed E-state index contributed by atoms with van der Waals surface area (Å²) >= 11 is 0. The third-order valence-corrected chi connectivity index (χ3v) is 1.58. The first-order valence-corrected chi connectivity index (χ1v) is 3.05. The molecule has 1 fully saturated rings. The van der Waals surface area contributed by atoms with Gasteiger partial charge < -0.3 is 25.8 Å². The summed E-state index contributed by atoms with van der Waals surface area (Å²) in [6.07, 6.45) is -3.78. The third-order valence-electron chi connectivity index (χ3n) is 1.58. The number of aliphatic hydroxyl groups is 3. The van der Waals surface area contributed by atoms with Crippen LogP contribution in [0.15, 0.2) is 0 Å². The molecule has 1 aliphatic heterocycles. The van der Waals surface area contributed by atoms with E-state index in [4.69, 9.17) is 25.8 Å². The Morgan fingerprint density at radius 1 is 1.30 bits per heavy atom. The SMILES string of the molecule is N[C@@H]1O[C@H](CO)[C@@H](O)[C@@H]1O. The molecular weight excluding hydrogens is 138 g/mol. The summed E-state index contributed by atoms with van der Waals surface area (Å²) in [5, 5.41) is 26.5. The summed E-state index contributed by atoms with van der Waals surface area (Å²) in [4.78, 5) is 0. The highest BCUT2D eigenvalue weighted by molar-refractivity contribution is 4.86. The van der Waals surface area contributed by atoms with Crippen molar-refractivity contribution in [1.29, 1.82) is 0 Å². The van der Waals surface area contributed by atoms with E-state index in [1.54, 1.807) is 0 Å². The number of nitrogens with two attached hydrogens (primary N) is 1. The highest BCUT2D eigenvalue weighted by atomic mass is 16.6. The summed E-state index contributed by atoms with van der Waals surface area (Å²) < 4.78 is 4.76. The first kappa shape index (κ1) is 7.90. The van der Waals surface area contributed by atoms with E-state index in [0.717, 1.165) is 0 Å². The average Bonchev–Trinajstić information content (AvgIpc) is 2.17. The molecule has 1 saturated heterocycles. The number of aliphatic hydroxyl groups excluding tert-OH is 3. The van der Waals surface area contributed by atoms with Gasteiger partial charge in [-0.15, -0.1) is 0 Å². The van der Waals surface area contributed by atoms with Crippen LogP contribution < -0.4 is 5.73 Å². The van der Waals surface area contributed by atoms with Crippen LogP contribution in [0.1, 0.15) is 0 Å². The van der Waals surface area contributed by atoms with Crippen molar-refractivity contribution < 1.29 is 20.1 Å². The van der Waals surface area contributed by atoms with Crippen molar-refractivity contribution in [2.24, 2.45) is 5.73 Å². The molecule has 0 amide bonds. The zero-order chi connectivity index (χ0) is 7.72. The second-order valence-corrected chi connectivity index (χ2v) is 2.30. The molecule has 0 saturated carbocycles. The summed E-state index contributed by atoms with van der Waals surface area (Å²) in [6.45, 7) is -0.327. The van der Waals surface area contributed by atoms with Crippen LogP contribution in [0.4, 0.5) is 0 Å². The molecule has 0 aliphatic carbocycles. The maximum atomic E-state index is 9.01. The van der Waals surface area contributed by atoms with Crippen LogP contribution in [0, 0.1) is 0 Å². The second kappa shape index (κ2) is 2.81. The van der Waals surface area contributed by atoms with Crippen molar-refractivity contribution in [1.82, 2.24) is 0 Å². The van der Waals surface area contributed by atoms with Crippen molar-refractivity contribution >= 4 is 0 Å². The Labute approximate surface area is 58.0 Å². The minimum Gasteiger partial charge on any atom is -0.394 e. The number of rotatable bonds is 1. The van der Waals surface area contributed by atoms with E-state index in [1.165, 1.54) is 0 Å². The molecule has 0 spiro atoms. The third kappa shape index (κ3) is 1.14. The van der Waals surface area contributed by atoms with Crippen LogP contribution in [0.25, 0.3) is 0 Å². The Hall–Kier alpha value is -0.200. The molecule has 5 N–H and O–H groups in total. The molecule has 0 radical (unpaired) electrons. The average molecular weight is 149 g/mol. The lowest BCUT2D eigenvalue weighted by molar-refractivity contribution is -0.0200.